The minimum atomic E-state index is 0.866. The zero-order valence-corrected chi connectivity index (χ0v) is 52.0. The van der Waals surface area contributed by atoms with Gasteiger partial charge in [-0.3, -0.25) is 9.13 Å². The Morgan fingerprint density at radius 3 is 1.16 bits per heavy atom. The second-order valence-corrected chi connectivity index (χ2v) is 25.5. The average Bonchev–Trinajstić information content (AvgIpc) is 1.55. The largest absolute Gasteiger partial charge is 0.309 e. The summed E-state index contributed by atoms with van der Waals surface area (Å²) in [5.74, 6) is 1.78. The third-order valence-corrected chi connectivity index (χ3v) is 20.4. The predicted octanol–water partition coefficient (Wildman–Crippen LogP) is 22.2. The third kappa shape index (κ3) is 7.49. The lowest BCUT2D eigenvalue weighted by Gasteiger charge is -2.18. The van der Waals surface area contributed by atoms with Crippen LogP contribution in [0.5, 0.6) is 0 Å². The van der Waals surface area contributed by atoms with Gasteiger partial charge >= 0.3 is 0 Å². The maximum atomic E-state index is 5.53. The van der Waals surface area contributed by atoms with Crippen LogP contribution in [0.4, 0.5) is 0 Å². The highest BCUT2D eigenvalue weighted by Gasteiger charge is 2.29. The Bertz CT molecular complexity index is 6690. The highest BCUT2D eigenvalue weighted by atomic mass is 15.1. The average molecular weight is 1230 g/mol. The Morgan fingerprint density at radius 2 is 0.635 bits per heavy atom. The topological polar surface area (TPSA) is 55.4 Å². The van der Waals surface area contributed by atoms with E-state index in [9.17, 15) is 0 Å². The fourth-order valence-electron chi connectivity index (χ4n) is 16.5. The molecule has 8 heterocycles. The van der Waals surface area contributed by atoms with E-state index in [-0.39, 0.29) is 0 Å². The van der Waals surface area contributed by atoms with Gasteiger partial charge in [-0.25, -0.2) is 9.97 Å². The molecule has 12 aromatic carbocycles. The smallest absolute Gasteiger partial charge is 0.138 e. The van der Waals surface area contributed by atoms with E-state index in [1.165, 1.54) is 59.7 Å². The molecule has 0 N–H and O–H groups in total. The van der Waals surface area contributed by atoms with Crippen LogP contribution in [0.15, 0.2) is 309 Å². The summed E-state index contributed by atoms with van der Waals surface area (Å²) in [7, 11) is 0. The van der Waals surface area contributed by atoms with E-state index in [1.54, 1.807) is 0 Å². The van der Waals surface area contributed by atoms with Crippen molar-refractivity contribution in [1.82, 2.24) is 37.4 Å². The summed E-state index contributed by atoms with van der Waals surface area (Å²) in [6, 6.07) is 111. The van der Waals surface area contributed by atoms with Crippen LogP contribution in [0.25, 0.3) is 183 Å². The van der Waals surface area contributed by atoms with Crippen LogP contribution >= 0.6 is 0 Å². The SMILES string of the molecule is C1=Cc2c(n(-c3cccc(-c4ccccc4)n3)c3c2ccc2c3c3ccccc3n2-c2cc(-n3c4ccccc4c4c3ccc3c5ccccc5n(-c5cccc(-c6ccccc6)n5)c34)cc(-n3c4ccccc4c4ccc5c6ccccc6n(-c6ccccc6)c5c43)c2)CC1. The minimum absolute atomic E-state index is 0.866. The maximum Gasteiger partial charge on any atom is 0.138 e. The van der Waals surface area contributed by atoms with Crippen LogP contribution in [0.3, 0.4) is 0 Å². The quantitative estimate of drug-likeness (QED) is 0.152. The number of aromatic nitrogens is 8. The second-order valence-electron chi connectivity index (χ2n) is 25.5. The number of rotatable bonds is 8. The first-order valence-corrected chi connectivity index (χ1v) is 33.1. The van der Waals surface area contributed by atoms with Gasteiger partial charge < -0.3 is 18.3 Å². The predicted molar refractivity (Wildman–Crippen MR) is 399 cm³/mol. The number of benzene rings is 12. The van der Waals surface area contributed by atoms with Gasteiger partial charge in [0.2, 0.25) is 0 Å². The van der Waals surface area contributed by atoms with E-state index in [1.807, 2.05) is 0 Å². The molecule has 0 fully saturated rings. The Kier molecular flexibility index (Phi) is 11.2. The first-order chi connectivity index (χ1) is 47.7. The van der Waals surface area contributed by atoms with Gasteiger partial charge in [0.05, 0.1) is 89.1 Å². The number of para-hydroxylation sites is 6. The Hall–Kier alpha value is -12.8. The summed E-state index contributed by atoms with van der Waals surface area (Å²) in [6.45, 7) is 0. The Morgan fingerprint density at radius 1 is 0.250 bits per heavy atom. The van der Waals surface area contributed by atoms with Crippen molar-refractivity contribution < 1.29 is 0 Å². The lowest BCUT2D eigenvalue weighted by Crippen LogP contribution is -2.05. The molecule has 0 atom stereocenters. The van der Waals surface area contributed by atoms with E-state index >= 15 is 0 Å². The molecular weight excluding hydrogens is 1170 g/mol. The molecule has 0 aliphatic heterocycles. The van der Waals surface area contributed by atoms with Gasteiger partial charge in [0.15, 0.2) is 0 Å². The first-order valence-electron chi connectivity index (χ1n) is 33.1. The third-order valence-electron chi connectivity index (χ3n) is 20.4. The van der Waals surface area contributed by atoms with Crippen LogP contribution in [0.2, 0.25) is 0 Å². The van der Waals surface area contributed by atoms with Crippen LogP contribution < -0.4 is 0 Å². The van der Waals surface area contributed by atoms with Crippen molar-refractivity contribution in [3.05, 3.63) is 321 Å². The molecule has 0 spiro atoms. The molecular formula is C88H56N8. The van der Waals surface area contributed by atoms with Crippen molar-refractivity contribution in [2.24, 2.45) is 0 Å². The van der Waals surface area contributed by atoms with Crippen molar-refractivity contribution in [2.45, 2.75) is 12.8 Å². The number of nitrogens with zero attached hydrogens (tertiary/aromatic N) is 8. The van der Waals surface area contributed by atoms with E-state index in [0.717, 1.165) is 141 Å². The van der Waals surface area contributed by atoms with Crippen molar-refractivity contribution >= 4 is 126 Å². The fraction of sp³-hybridized carbons (Fsp3) is 0.0227. The monoisotopic (exact) mass is 1220 g/mol. The molecule has 448 valence electrons. The zero-order valence-electron chi connectivity index (χ0n) is 52.0. The number of hydrogen-bond acceptors (Lipinski definition) is 2. The summed E-state index contributed by atoms with van der Waals surface area (Å²) >= 11 is 0. The van der Waals surface area contributed by atoms with E-state index < -0.39 is 0 Å². The lowest BCUT2D eigenvalue weighted by atomic mass is 10.0. The minimum Gasteiger partial charge on any atom is -0.309 e. The second kappa shape index (κ2) is 20.4. The first kappa shape index (κ1) is 52.8. The molecule has 1 aliphatic rings. The van der Waals surface area contributed by atoms with Gasteiger partial charge in [0.25, 0.3) is 0 Å². The van der Waals surface area contributed by atoms with Gasteiger partial charge in [-0.15, -0.1) is 0 Å². The van der Waals surface area contributed by atoms with Crippen molar-refractivity contribution in [2.75, 3.05) is 0 Å². The summed E-state index contributed by atoms with van der Waals surface area (Å²) in [6.07, 6.45) is 6.54. The number of pyridine rings is 2. The van der Waals surface area contributed by atoms with Gasteiger partial charge in [0, 0.05) is 87.3 Å². The summed E-state index contributed by atoms with van der Waals surface area (Å²) in [5.41, 5.74) is 23.2. The number of fused-ring (bicyclic) bond motifs is 21. The van der Waals surface area contributed by atoms with E-state index in [2.05, 4.69) is 343 Å². The molecule has 8 heteroatoms. The summed E-state index contributed by atoms with van der Waals surface area (Å²) in [5, 5.41) is 13.0. The maximum absolute atomic E-state index is 5.53. The van der Waals surface area contributed by atoms with Gasteiger partial charge in [-0.05, 0) is 110 Å². The number of allylic oxidation sites excluding steroid dienone is 1. The lowest BCUT2D eigenvalue weighted by molar-refractivity contribution is 0.873. The highest BCUT2D eigenvalue weighted by molar-refractivity contribution is 6.28. The van der Waals surface area contributed by atoms with Crippen LogP contribution in [0.1, 0.15) is 17.7 Å². The highest BCUT2D eigenvalue weighted by Crippen LogP contribution is 2.48. The van der Waals surface area contributed by atoms with Crippen LogP contribution in [-0.2, 0) is 6.42 Å². The van der Waals surface area contributed by atoms with Crippen molar-refractivity contribution in [3.63, 3.8) is 0 Å². The molecule has 0 radical (unpaired) electrons. The van der Waals surface area contributed by atoms with Gasteiger partial charge in [0.1, 0.15) is 11.6 Å². The van der Waals surface area contributed by atoms with Crippen LogP contribution in [-0.4, -0.2) is 37.4 Å². The molecule has 20 aromatic rings. The molecule has 96 heavy (non-hydrogen) atoms. The van der Waals surface area contributed by atoms with Gasteiger partial charge in [-0.2, -0.15) is 0 Å². The molecule has 8 nitrogen and oxygen atoms in total. The molecule has 0 saturated heterocycles. The Labute approximate surface area is 550 Å². The molecule has 0 saturated carbocycles. The van der Waals surface area contributed by atoms with E-state index in [0.29, 0.717) is 0 Å². The fourth-order valence-corrected chi connectivity index (χ4v) is 16.5. The molecule has 21 rings (SSSR count). The normalized spacial score (nSPS) is 12.7. The van der Waals surface area contributed by atoms with Crippen molar-refractivity contribution in [1.29, 1.82) is 0 Å². The molecule has 0 amide bonds. The zero-order chi connectivity index (χ0) is 62.7. The van der Waals surface area contributed by atoms with Gasteiger partial charge in [-0.1, -0.05) is 218 Å². The molecule has 1 aliphatic carbocycles. The van der Waals surface area contributed by atoms with E-state index in [4.69, 9.17) is 9.97 Å². The van der Waals surface area contributed by atoms with Crippen molar-refractivity contribution in [3.8, 4) is 56.9 Å². The Balaban J connectivity index is 0.905. The summed E-state index contributed by atoms with van der Waals surface area (Å²) < 4.78 is 15.0. The van der Waals surface area contributed by atoms with Crippen LogP contribution in [0, 0.1) is 0 Å². The molecule has 8 aromatic heterocycles. The number of hydrogen-bond donors (Lipinski definition) is 0. The molecule has 0 bridgehead atoms. The standard InChI is InChI=1S/C88H56N8/c1-4-24-55(25-5-1)71-36-22-44-81(89-71)95-75-40-18-12-30-61(75)65-48-50-79-83(85(65)95)69-34-14-20-42-77(69)91(79)58-52-59(54-60(53-58)94-74-39-17-11-33-64(74)68-47-46-67-63-32-10-16-38-73(63)93(87(67)88(68)94)57-28-8-3-9-29-57)92-78-43-21-15-35-70(78)84-80(92)51-49-66-62-31-13-19-41-76(62)96(86(66)84)82-45-23-37-72(90-82)56-26-6-2-7-27-56/h1-18,20-40,42-54H,19,41H2. The summed E-state index contributed by atoms with van der Waals surface area (Å²) in [4.78, 5) is 11.0. The molecule has 0 unspecified atom stereocenters.